The second-order valence-electron chi connectivity index (χ2n) is 6.20. The van der Waals surface area contributed by atoms with Crippen LogP contribution in [0.1, 0.15) is 18.1 Å². The molecule has 1 heterocycles. The van der Waals surface area contributed by atoms with E-state index < -0.39 is 0 Å². The Labute approximate surface area is 155 Å². The number of rotatable bonds is 5. The maximum atomic E-state index is 12.4. The maximum absolute atomic E-state index is 12.4. The molecule has 1 N–H and O–H groups in total. The highest BCUT2D eigenvalue weighted by molar-refractivity contribution is 5.85. The summed E-state index contributed by atoms with van der Waals surface area (Å²) in [5, 5.41) is 3.29. The molecule has 0 spiro atoms. The Hall–Kier alpha value is -2.04. The third-order valence-corrected chi connectivity index (χ3v) is 4.38. The van der Waals surface area contributed by atoms with Crippen molar-refractivity contribution in [2.45, 2.75) is 19.4 Å². The summed E-state index contributed by atoms with van der Waals surface area (Å²) >= 11 is 0. The molecular weight excluding hydrogens is 336 g/mol. The number of carbonyl (C=O) groups excluding carboxylic acids is 1. The monoisotopic (exact) mass is 360 g/mol. The van der Waals surface area contributed by atoms with Crippen LogP contribution in [0, 0.1) is 0 Å². The topological polar surface area (TPSA) is 41.6 Å². The summed E-state index contributed by atoms with van der Waals surface area (Å²) in [5.41, 5.74) is 2.33. The molecule has 5 heteroatoms. The first-order valence-electron chi connectivity index (χ1n) is 8.49. The molecule has 0 aliphatic carbocycles. The zero-order valence-corrected chi connectivity index (χ0v) is 15.3. The summed E-state index contributed by atoms with van der Waals surface area (Å²) < 4.78 is 5.86. The molecule has 0 saturated carbocycles. The molecule has 2 aromatic rings. The minimum atomic E-state index is 0. The highest BCUT2D eigenvalue weighted by Crippen LogP contribution is 2.21. The van der Waals surface area contributed by atoms with Gasteiger partial charge in [-0.25, -0.2) is 0 Å². The Bertz CT molecular complexity index is 678. The summed E-state index contributed by atoms with van der Waals surface area (Å²) in [6, 6.07) is 18.4. The average Bonchev–Trinajstić information content (AvgIpc) is 2.62. The third-order valence-electron chi connectivity index (χ3n) is 4.38. The number of amides is 1. The van der Waals surface area contributed by atoms with Gasteiger partial charge in [-0.2, -0.15) is 0 Å². The van der Waals surface area contributed by atoms with E-state index in [1.165, 1.54) is 5.56 Å². The van der Waals surface area contributed by atoms with Crippen LogP contribution in [-0.2, 0) is 11.2 Å². The molecule has 25 heavy (non-hydrogen) atoms. The summed E-state index contributed by atoms with van der Waals surface area (Å²) in [6.45, 7) is 4.59. The zero-order valence-electron chi connectivity index (χ0n) is 14.5. The smallest absolute Gasteiger partial charge is 0.260 e. The lowest BCUT2D eigenvalue weighted by molar-refractivity contribution is -0.136. The Balaban J connectivity index is 0.00000225. The van der Waals surface area contributed by atoms with Gasteiger partial charge in [0.2, 0.25) is 0 Å². The fourth-order valence-electron chi connectivity index (χ4n) is 3.04. The summed E-state index contributed by atoms with van der Waals surface area (Å²) in [4.78, 5) is 14.3. The van der Waals surface area contributed by atoms with Crippen molar-refractivity contribution in [1.82, 2.24) is 10.2 Å². The van der Waals surface area contributed by atoms with Crippen molar-refractivity contribution in [2.24, 2.45) is 0 Å². The average molecular weight is 361 g/mol. The van der Waals surface area contributed by atoms with Crippen molar-refractivity contribution in [3.8, 4) is 5.75 Å². The quantitative estimate of drug-likeness (QED) is 0.891. The van der Waals surface area contributed by atoms with E-state index in [0.717, 1.165) is 37.4 Å². The summed E-state index contributed by atoms with van der Waals surface area (Å²) in [7, 11) is 0. The van der Waals surface area contributed by atoms with E-state index in [4.69, 9.17) is 4.74 Å². The van der Waals surface area contributed by atoms with Gasteiger partial charge >= 0.3 is 0 Å². The van der Waals surface area contributed by atoms with E-state index in [-0.39, 0.29) is 31.0 Å². The van der Waals surface area contributed by atoms with Gasteiger partial charge < -0.3 is 15.0 Å². The van der Waals surface area contributed by atoms with Crippen LogP contribution in [0.5, 0.6) is 5.75 Å². The number of ether oxygens (including phenoxy) is 1. The molecule has 134 valence electrons. The Morgan fingerprint density at radius 3 is 2.64 bits per heavy atom. The first-order valence-corrected chi connectivity index (χ1v) is 8.49. The number of carbonyl (C=O) groups is 1. The highest BCUT2D eigenvalue weighted by atomic mass is 35.5. The third kappa shape index (κ3) is 5.21. The molecule has 1 fully saturated rings. The van der Waals surface area contributed by atoms with Crippen LogP contribution in [0.4, 0.5) is 0 Å². The number of piperazine rings is 1. The lowest BCUT2D eigenvalue weighted by Gasteiger charge is -2.33. The molecule has 1 aliphatic rings. The van der Waals surface area contributed by atoms with Crippen molar-refractivity contribution < 1.29 is 9.53 Å². The lowest BCUT2D eigenvalue weighted by Crippen LogP contribution is -2.53. The predicted molar refractivity (Wildman–Crippen MR) is 102 cm³/mol. The molecule has 4 nitrogen and oxygen atoms in total. The molecule has 3 rings (SSSR count). The highest BCUT2D eigenvalue weighted by Gasteiger charge is 2.23. The number of hydrogen-bond acceptors (Lipinski definition) is 3. The number of benzene rings is 2. The molecule has 1 atom stereocenters. The van der Waals surface area contributed by atoms with E-state index in [2.05, 4.69) is 30.4 Å². The van der Waals surface area contributed by atoms with Crippen molar-refractivity contribution in [2.75, 3.05) is 26.2 Å². The molecule has 2 aromatic carbocycles. The van der Waals surface area contributed by atoms with Crippen molar-refractivity contribution >= 4 is 18.3 Å². The van der Waals surface area contributed by atoms with E-state index in [0.29, 0.717) is 0 Å². The van der Waals surface area contributed by atoms with Gasteiger partial charge in [-0.15, -0.1) is 12.4 Å². The number of para-hydroxylation sites is 1. The van der Waals surface area contributed by atoms with Gasteiger partial charge in [0.25, 0.3) is 5.91 Å². The number of halogens is 1. The molecular formula is C20H25ClN2O2. The SMILES string of the molecule is CC1CNCCN1C(=O)COc1ccccc1Cc1ccccc1.Cl. The molecule has 0 radical (unpaired) electrons. The predicted octanol–water partition coefficient (Wildman–Crippen LogP) is 2.90. The first kappa shape index (κ1) is 19.3. The number of nitrogens with zero attached hydrogens (tertiary/aromatic N) is 1. The second kappa shape index (κ2) is 9.44. The minimum Gasteiger partial charge on any atom is -0.483 e. The molecule has 0 bridgehead atoms. The van der Waals surface area contributed by atoms with Crippen LogP contribution in [0.3, 0.4) is 0 Å². The standard InChI is InChI=1S/C20H24N2O2.ClH/c1-16-14-21-11-12-22(16)20(23)15-24-19-10-6-5-9-18(19)13-17-7-3-2-4-8-17;/h2-10,16,21H,11-15H2,1H3;1H. The zero-order chi connectivity index (χ0) is 16.8. The second-order valence-corrected chi connectivity index (χ2v) is 6.20. The Kier molecular flexibility index (Phi) is 7.29. The van der Waals surface area contributed by atoms with Crippen LogP contribution in [0.2, 0.25) is 0 Å². The van der Waals surface area contributed by atoms with Crippen LogP contribution in [0.25, 0.3) is 0 Å². The van der Waals surface area contributed by atoms with Gasteiger partial charge in [0.05, 0.1) is 0 Å². The van der Waals surface area contributed by atoms with Gasteiger partial charge in [0.1, 0.15) is 5.75 Å². The molecule has 1 unspecified atom stereocenters. The van der Waals surface area contributed by atoms with Crippen LogP contribution in [-0.4, -0.2) is 43.1 Å². The number of hydrogen-bond donors (Lipinski definition) is 1. The van der Waals surface area contributed by atoms with Crippen molar-refractivity contribution in [3.05, 3.63) is 65.7 Å². The largest absolute Gasteiger partial charge is 0.483 e. The van der Waals surface area contributed by atoms with Crippen molar-refractivity contribution in [3.63, 3.8) is 0 Å². The summed E-state index contributed by atoms with van der Waals surface area (Å²) in [6.07, 6.45) is 0.801. The van der Waals surface area contributed by atoms with Crippen LogP contribution in [0.15, 0.2) is 54.6 Å². The van der Waals surface area contributed by atoms with Gasteiger partial charge in [0.15, 0.2) is 6.61 Å². The molecule has 1 amide bonds. The number of nitrogens with one attached hydrogen (secondary N) is 1. The van der Waals surface area contributed by atoms with E-state index in [1.54, 1.807) is 0 Å². The Morgan fingerprint density at radius 2 is 1.88 bits per heavy atom. The normalized spacial score (nSPS) is 16.8. The van der Waals surface area contributed by atoms with E-state index >= 15 is 0 Å². The van der Waals surface area contributed by atoms with Crippen LogP contribution >= 0.6 is 12.4 Å². The molecule has 1 aliphatic heterocycles. The molecule has 0 aromatic heterocycles. The fourth-order valence-corrected chi connectivity index (χ4v) is 3.04. The molecule has 1 saturated heterocycles. The van der Waals surface area contributed by atoms with Gasteiger partial charge in [-0.3, -0.25) is 4.79 Å². The van der Waals surface area contributed by atoms with Crippen molar-refractivity contribution in [1.29, 1.82) is 0 Å². The van der Waals surface area contributed by atoms with E-state index in [1.807, 2.05) is 41.3 Å². The van der Waals surface area contributed by atoms with Gasteiger partial charge in [-0.1, -0.05) is 48.5 Å². The lowest BCUT2D eigenvalue weighted by atomic mass is 10.0. The van der Waals surface area contributed by atoms with Gasteiger partial charge in [-0.05, 0) is 24.1 Å². The fraction of sp³-hybridized carbons (Fsp3) is 0.350. The van der Waals surface area contributed by atoms with E-state index in [9.17, 15) is 4.79 Å². The van der Waals surface area contributed by atoms with Gasteiger partial charge in [0, 0.05) is 32.1 Å². The Morgan fingerprint density at radius 1 is 1.16 bits per heavy atom. The first-order chi connectivity index (χ1) is 11.7. The minimum absolute atomic E-state index is 0. The van der Waals surface area contributed by atoms with Crippen LogP contribution < -0.4 is 10.1 Å². The maximum Gasteiger partial charge on any atom is 0.260 e. The summed E-state index contributed by atoms with van der Waals surface area (Å²) in [5.74, 6) is 0.844.